The molecule has 0 radical (unpaired) electrons. The van der Waals surface area contributed by atoms with Gasteiger partial charge in [0, 0.05) is 43.5 Å². The minimum Gasteiger partial charge on any atom is -0.354 e. The number of rotatable bonds is 2. The third-order valence-corrected chi connectivity index (χ3v) is 4.11. The molecule has 2 heterocycles. The molecule has 20 heavy (non-hydrogen) atoms. The van der Waals surface area contributed by atoms with Crippen LogP contribution < -0.4 is 0 Å². The Morgan fingerprint density at radius 3 is 3.00 bits per heavy atom. The van der Waals surface area contributed by atoms with Crippen LogP contribution in [0.2, 0.25) is 5.02 Å². The molecule has 0 saturated carbocycles. The maximum Gasteiger partial charge on any atom is 0.227 e. The topological polar surface area (TPSA) is 25.2 Å². The zero-order valence-electron chi connectivity index (χ0n) is 11.5. The summed E-state index contributed by atoms with van der Waals surface area (Å²) in [6.07, 6.45) is 3.42. The zero-order valence-corrected chi connectivity index (χ0v) is 12.2. The summed E-state index contributed by atoms with van der Waals surface area (Å²) in [6.45, 7) is 1.51. The van der Waals surface area contributed by atoms with Crippen molar-refractivity contribution in [2.24, 2.45) is 7.05 Å². The van der Waals surface area contributed by atoms with Gasteiger partial charge in [-0.05, 0) is 29.3 Å². The van der Waals surface area contributed by atoms with Gasteiger partial charge in [0.1, 0.15) is 0 Å². The molecule has 0 atom stereocenters. The van der Waals surface area contributed by atoms with Crippen LogP contribution in [-0.2, 0) is 31.2 Å². The van der Waals surface area contributed by atoms with E-state index in [1.165, 1.54) is 11.3 Å². The second-order valence-corrected chi connectivity index (χ2v) is 5.71. The lowest BCUT2D eigenvalue weighted by Gasteiger charge is -2.28. The molecule has 0 bridgehead atoms. The van der Waals surface area contributed by atoms with Crippen LogP contribution in [0, 0.1) is 0 Å². The number of benzene rings is 1. The summed E-state index contributed by atoms with van der Waals surface area (Å²) in [5, 5.41) is 0.680. The molecule has 0 unspecified atom stereocenters. The van der Waals surface area contributed by atoms with Crippen LogP contribution in [0.15, 0.2) is 36.5 Å². The van der Waals surface area contributed by atoms with Gasteiger partial charge in [0.15, 0.2) is 0 Å². The van der Waals surface area contributed by atoms with Crippen molar-refractivity contribution in [3.63, 3.8) is 0 Å². The highest BCUT2D eigenvalue weighted by Gasteiger charge is 2.22. The summed E-state index contributed by atoms with van der Waals surface area (Å²) in [7, 11) is 2.06. The van der Waals surface area contributed by atoms with Gasteiger partial charge in [-0.3, -0.25) is 4.79 Å². The number of hydrogen-bond donors (Lipinski definition) is 0. The van der Waals surface area contributed by atoms with Crippen LogP contribution >= 0.6 is 11.6 Å². The molecule has 1 aliphatic rings. The average Bonchev–Trinajstić information content (AvgIpc) is 2.80. The van der Waals surface area contributed by atoms with Gasteiger partial charge in [-0.1, -0.05) is 23.7 Å². The molecule has 2 aromatic rings. The number of fused-ring (bicyclic) bond motifs is 1. The van der Waals surface area contributed by atoms with E-state index in [0.717, 1.165) is 25.1 Å². The summed E-state index contributed by atoms with van der Waals surface area (Å²) < 4.78 is 2.15. The molecular formula is C16H17ClN2O. The van der Waals surface area contributed by atoms with Gasteiger partial charge >= 0.3 is 0 Å². The maximum atomic E-state index is 12.4. The number of carbonyl (C=O) groups is 1. The fraction of sp³-hybridized carbons (Fsp3) is 0.312. The minimum atomic E-state index is 0.168. The number of amides is 1. The van der Waals surface area contributed by atoms with Gasteiger partial charge in [0.2, 0.25) is 5.91 Å². The fourth-order valence-corrected chi connectivity index (χ4v) is 2.98. The van der Waals surface area contributed by atoms with E-state index in [1.807, 2.05) is 29.2 Å². The Morgan fingerprint density at radius 1 is 1.35 bits per heavy atom. The molecular weight excluding hydrogens is 272 g/mol. The maximum absolute atomic E-state index is 12.4. The lowest BCUT2D eigenvalue weighted by Crippen LogP contribution is -2.37. The quantitative estimate of drug-likeness (QED) is 0.834. The van der Waals surface area contributed by atoms with E-state index >= 15 is 0 Å². The van der Waals surface area contributed by atoms with Crippen LogP contribution in [0.25, 0.3) is 0 Å². The molecule has 1 aromatic heterocycles. The number of aromatic nitrogens is 1. The van der Waals surface area contributed by atoms with Gasteiger partial charge in [0.05, 0.1) is 6.42 Å². The number of nitrogens with zero attached hydrogens (tertiary/aromatic N) is 2. The Labute approximate surface area is 123 Å². The molecule has 0 N–H and O–H groups in total. The van der Waals surface area contributed by atoms with Crippen molar-refractivity contribution in [2.75, 3.05) is 6.54 Å². The van der Waals surface area contributed by atoms with Gasteiger partial charge in [-0.25, -0.2) is 0 Å². The predicted octanol–water partition coefficient (Wildman–Crippen LogP) is 2.81. The third-order valence-electron chi connectivity index (χ3n) is 3.87. The monoisotopic (exact) mass is 288 g/mol. The lowest BCUT2D eigenvalue weighted by molar-refractivity contribution is -0.131. The van der Waals surface area contributed by atoms with Crippen molar-refractivity contribution >= 4 is 17.5 Å². The summed E-state index contributed by atoms with van der Waals surface area (Å²) >= 11 is 5.96. The van der Waals surface area contributed by atoms with Crippen molar-refractivity contribution in [1.29, 1.82) is 0 Å². The Morgan fingerprint density at radius 2 is 2.20 bits per heavy atom. The van der Waals surface area contributed by atoms with E-state index in [-0.39, 0.29) is 5.91 Å². The first-order valence-electron chi connectivity index (χ1n) is 6.79. The van der Waals surface area contributed by atoms with Crippen LogP contribution in [-0.4, -0.2) is 21.9 Å². The molecule has 1 aromatic carbocycles. The van der Waals surface area contributed by atoms with Crippen LogP contribution in [0.1, 0.15) is 16.8 Å². The molecule has 0 fully saturated rings. The van der Waals surface area contributed by atoms with Gasteiger partial charge in [-0.2, -0.15) is 0 Å². The van der Waals surface area contributed by atoms with Crippen molar-refractivity contribution < 1.29 is 4.79 Å². The molecule has 4 heteroatoms. The molecule has 0 saturated heterocycles. The summed E-state index contributed by atoms with van der Waals surface area (Å²) in [6, 6.07) is 9.62. The molecule has 1 amide bonds. The van der Waals surface area contributed by atoms with Crippen molar-refractivity contribution in [3.05, 3.63) is 58.4 Å². The summed E-state index contributed by atoms with van der Waals surface area (Å²) in [5.74, 6) is 0.168. The molecule has 3 nitrogen and oxygen atoms in total. The average molecular weight is 289 g/mol. The molecule has 0 aliphatic carbocycles. The number of hydrogen-bond acceptors (Lipinski definition) is 1. The van der Waals surface area contributed by atoms with Gasteiger partial charge in [0.25, 0.3) is 0 Å². The van der Waals surface area contributed by atoms with Crippen molar-refractivity contribution in [3.8, 4) is 0 Å². The first-order chi connectivity index (χ1) is 9.63. The predicted molar refractivity (Wildman–Crippen MR) is 79.7 cm³/mol. The Kier molecular flexibility index (Phi) is 3.53. The van der Waals surface area contributed by atoms with E-state index < -0.39 is 0 Å². The smallest absolute Gasteiger partial charge is 0.227 e. The zero-order chi connectivity index (χ0) is 14.1. The lowest BCUT2D eigenvalue weighted by atomic mass is 10.1. The minimum absolute atomic E-state index is 0.168. The van der Waals surface area contributed by atoms with E-state index in [4.69, 9.17) is 11.6 Å². The Bertz CT molecular complexity index is 648. The molecule has 1 aliphatic heterocycles. The van der Waals surface area contributed by atoms with Crippen LogP contribution in [0.3, 0.4) is 0 Å². The van der Waals surface area contributed by atoms with Crippen molar-refractivity contribution in [2.45, 2.75) is 19.4 Å². The highest BCUT2D eigenvalue weighted by atomic mass is 35.5. The van der Waals surface area contributed by atoms with Gasteiger partial charge in [-0.15, -0.1) is 0 Å². The van der Waals surface area contributed by atoms with E-state index in [0.29, 0.717) is 11.4 Å². The molecule has 3 rings (SSSR count). The summed E-state index contributed by atoms with van der Waals surface area (Å²) in [5.41, 5.74) is 3.58. The number of halogens is 1. The highest BCUT2D eigenvalue weighted by Crippen LogP contribution is 2.20. The first kappa shape index (κ1) is 13.3. The van der Waals surface area contributed by atoms with E-state index in [9.17, 15) is 4.79 Å². The van der Waals surface area contributed by atoms with Crippen molar-refractivity contribution in [1.82, 2.24) is 9.47 Å². The normalized spacial score (nSPS) is 14.2. The molecule has 0 spiro atoms. The van der Waals surface area contributed by atoms with E-state index in [1.54, 1.807) is 0 Å². The van der Waals surface area contributed by atoms with Crippen LogP contribution in [0.4, 0.5) is 0 Å². The highest BCUT2D eigenvalue weighted by molar-refractivity contribution is 6.30. The largest absolute Gasteiger partial charge is 0.354 e. The first-order valence-corrected chi connectivity index (χ1v) is 7.16. The Hall–Kier alpha value is -1.74. The van der Waals surface area contributed by atoms with Gasteiger partial charge < -0.3 is 9.47 Å². The SMILES string of the molecule is Cn1ccc2c1CCN(C(=O)Cc1cccc(Cl)c1)C2. The second-order valence-electron chi connectivity index (χ2n) is 5.27. The molecule has 104 valence electrons. The Balaban J connectivity index is 1.70. The number of carbonyl (C=O) groups excluding carboxylic acids is 1. The summed E-state index contributed by atoms with van der Waals surface area (Å²) in [4.78, 5) is 14.3. The van der Waals surface area contributed by atoms with Crippen LogP contribution in [0.5, 0.6) is 0 Å². The second kappa shape index (κ2) is 5.33. The van der Waals surface area contributed by atoms with E-state index in [2.05, 4.69) is 23.9 Å². The number of aryl methyl sites for hydroxylation is 1. The third kappa shape index (κ3) is 2.59. The fourth-order valence-electron chi connectivity index (χ4n) is 2.77. The standard InChI is InChI=1S/C16H17ClN2O/c1-18-7-5-13-11-19(8-6-15(13)18)16(20)10-12-3-2-4-14(17)9-12/h2-5,7,9H,6,8,10-11H2,1H3.